The maximum absolute atomic E-state index is 12.2. The minimum atomic E-state index is -0.253. The number of hydrogen-bond acceptors (Lipinski definition) is 4. The molecule has 0 saturated heterocycles. The van der Waals surface area contributed by atoms with Crippen molar-refractivity contribution in [2.45, 2.75) is 26.7 Å². The van der Waals surface area contributed by atoms with Crippen LogP contribution < -0.4 is 10.2 Å². The number of benzene rings is 1. The maximum Gasteiger partial charge on any atom is 0.258 e. The smallest absolute Gasteiger partial charge is 0.258 e. The molecule has 0 aliphatic rings. The number of nitrogens with zero attached hydrogens (tertiary/aromatic N) is 3. The predicted octanol–water partition coefficient (Wildman–Crippen LogP) is 4.01. The number of aromatic nitrogens is 2. The Labute approximate surface area is 141 Å². The third-order valence-electron chi connectivity index (χ3n) is 3.25. The van der Waals surface area contributed by atoms with Crippen molar-refractivity contribution in [2.75, 3.05) is 23.3 Å². The van der Waals surface area contributed by atoms with Gasteiger partial charge in [-0.2, -0.15) is 0 Å². The van der Waals surface area contributed by atoms with Gasteiger partial charge in [-0.15, -0.1) is 0 Å². The van der Waals surface area contributed by atoms with Gasteiger partial charge in [0.1, 0.15) is 0 Å². The van der Waals surface area contributed by atoms with Crippen molar-refractivity contribution in [3.63, 3.8) is 0 Å². The highest BCUT2D eigenvalue weighted by atomic mass is 35.5. The summed E-state index contributed by atoms with van der Waals surface area (Å²) in [7, 11) is 0. The quantitative estimate of drug-likeness (QED) is 0.832. The van der Waals surface area contributed by atoms with Crippen LogP contribution in [0.15, 0.2) is 36.7 Å². The van der Waals surface area contributed by atoms with Gasteiger partial charge in [-0.1, -0.05) is 31.5 Å². The minimum Gasteiger partial charge on any atom is -0.341 e. The zero-order valence-corrected chi connectivity index (χ0v) is 14.2. The van der Waals surface area contributed by atoms with Crippen LogP contribution in [0.25, 0.3) is 0 Å². The van der Waals surface area contributed by atoms with Crippen molar-refractivity contribution in [2.24, 2.45) is 0 Å². The molecule has 23 heavy (non-hydrogen) atoms. The van der Waals surface area contributed by atoms with Crippen LogP contribution in [0.3, 0.4) is 0 Å². The average molecular weight is 333 g/mol. The minimum absolute atomic E-state index is 0.253. The molecular formula is C17H21ClN4O. The maximum atomic E-state index is 12.2. The summed E-state index contributed by atoms with van der Waals surface area (Å²) in [6.07, 6.45) is 5.17. The fourth-order valence-corrected chi connectivity index (χ4v) is 2.41. The lowest BCUT2D eigenvalue weighted by Gasteiger charge is -2.21. The summed E-state index contributed by atoms with van der Waals surface area (Å²) in [5.41, 5.74) is 1.06. The van der Waals surface area contributed by atoms with Gasteiger partial charge in [0.2, 0.25) is 5.95 Å². The Bertz CT molecular complexity index is 639. The summed E-state index contributed by atoms with van der Waals surface area (Å²) in [6, 6.07) is 7.01. The Morgan fingerprint density at radius 1 is 1.17 bits per heavy atom. The second kappa shape index (κ2) is 8.48. The van der Waals surface area contributed by atoms with Crippen LogP contribution in [-0.4, -0.2) is 29.0 Å². The molecule has 1 N–H and O–H groups in total. The Kier molecular flexibility index (Phi) is 6.35. The van der Waals surface area contributed by atoms with E-state index < -0.39 is 0 Å². The molecule has 0 bridgehead atoms. The van der Waals surface area contributed by atoms with Crippen LogP contribution in [0, 0.1) is 0 Å². The SMILES string of the molecule is CCCN(CCC)c1ncc(C(=O)Nc2cccc(Cl)c2)cn1. The molecule has 122 valence electrons. The molecule has 2 aromatic rings. The van der Waals surface area contributed by atoms with Gasteiger partial charge in [0.25, 0.3) is 5.91 Å². The Morgan fingerprint density at radius 2 is 1.83 bits per heavy atom. The van der Waals surface area contributed by atoms with Gasteiger partial charge < -0.3 is 10.2 Å². The highest BCUT2D eigenvalue weighted by Crippen LogP contribution is 2.16. The highest BCUT2D eigenvalue weighted by Gasteiger charge is 2.11. The number of amides is 1. The molecule has 1 heterocycles. The molecule has 1 aromatic carbocycles. The molecule has 1 aromatic heterocycles. The van der Waals surface area contributed by atoms with Gasteiger partial charge in [-0.3, -0.25) is 4.79 Å². The van der Waals surface area contributed by atoms with Crippen molar-refractivity contribution in [3.8, 4) is 0 Å². The Hall–Kier alpha value is -2.14. The number of hydrogen-bond donors (Lipinski definition) is 1. The zero-order chi connectivity index (χ0) is 16.7. The predicted molar refractivity (Wildman–Crippen MR) is 94.2 cm³/mol. The van der Waals surface area contributed by atoms with E-state index in [0.29, 0.717) is 22.2 Å². The van der Waals surface area contributed by atoms with E-state index in [0.717, 1.165) is 25.9 Å². The third-order valence-corrected chi connectivity index (χ3v) is 3.49. The summed E-state index contributed by atoms with van der Waals surface area (Å²) in [6.45, 7) is 6.05. The van der Waals surface area contributed by atoms with E-state index in [1.807, 2.05) is 0 Å². The van der Waals surface area contributed by atoms with Gasteiger partial charge in [-0.25, -0.2) is 9.97 Å². The largest absolute Gasteiger partial charge is 0.341 e. The van der Waals surface area contributed by atoms with Crippen LogP contribution in [0.1, 0.15) is 37.0 Å². The first-order chi connectivity index (χ1) is 11.1. The van der Waals surface area contributed by atoms with Crippen LogP contribution in [0.4, 0.5) is 11.6 Å². The first-order valence-electron chi connectivity index (χ1n) is 7.78. The van der Waals surface area contributed by atoms with E-state index >= 15 is 0 Å². The molecule has 0 unspecified atom stereocenters. The number of nitrogens with one attached hydrogen (secondary N) is 1. The van der Waals surface area contributed by atoms with Gasteiger partial charge in [-0.05, 0) is 31.0 Å². The fourth-order valence-electron chi connectivity index (χ4n) is 2.22. The molecule has 5 nitrogen and oxygen atoms in total. The van der Waals surface area contributed by atoms with Gasteiger partial charge in [0.05, 0.1) is 5.56 Å². The second-order valence-corrected chi connectivity index (χ2v) is 5.66. The monoisotopic (exact) mass is 332 g/mol. The number of carbonyl (C=O) groups is 1. The number of rotatable bonds is 7. The molecule has 0 saturated carbocycles. The lowest BCUT2D eigenvalue weighted by atomic mass is 10.3. The van der Waals surface area contributed by atoms with Crippen molar-refractivity contribution >= 4 is 29.1 Å². The molecule has 0 spiro atoms. The number of anilines is 2. The van der Waals surface area contributed by atoms with E-state index in [2.05, 4.69) is 34.0 Å². The van der Waals surface area contributed by atoms with Crippen molar-refractivity contribution < 1.29 is 4.79 Å². The topological polar surface area (TPSA) is 58.1 Å². The molecule has 1 amide bonds. The van der Waals surface area contributed by atoms with Crippen LogP contribution in [0.5, 0.6) is 0 Å². The standard InChI is InChI=1S/C17H21ClN4O/c1-3-8-22(9-4-2)17-19-11-13(12-20-17)16(23)21-15-7-5-6-14(18)10-15/h5-7,10-12H,3-4,8-9H2,1-2H3,(H,21,23). The molecule has 0 aliphatic heterocycles. The van der Waals surface area contributed by atoms with Crippen LogP contribution >= 0.6 is 11.6 Å². The van der Waals surface area contributed by atoms with E-state index in [4.69, 9.17) is 11.6 Å². The van der Waals surface area contributed by atoms with E-state index in [-0.39, 0.29) is 5.91 Å². The first kappa shape index (κ1) is 17.2. The van der Waals surface area contributed by atoms with Crippen molar-refractivity contribution in [1.29, 1.82) is 0 Å². The van der Waals surface area contributed by atoms with Gasteiger partial charge >= 0.3 is 0 Å². The number of halogens is 1. The van der Waals surface area contributed by atoms with Gasteiger partial charge in [0.15, 0.2) is 0 Å². The summed E-state index contributed by atoms with van der Waals surface area (Å²) in [5.74, 6) is 0.407. The zero-order valence-electron chi connectivity index (χ0n) is 13.4. The molecule has 0 fully saturated rings. The third kappa shape index (κ3) is 4.93. The van der Waals surface area contributed by atoms with E-state index in [1.165, 1.54) is 0 Å². The summed E-state index contributed by atoms with van der Waals surface area (Å²) < 4.78 is 0. The van der Waals surface area contributed by atoms with Crippen LogP contribution in [-0.2, 0) is 0 Å². The summed E-state index contributed by atoms with van der Waals surface area (Å²) >= 11 is 5.91. The molecule has 0 aliphatic carbocycles. The Balaban J connectivity index is 2.07. The summed E-state index contributed by atoms with van der Waals surface area (Å²) in [5, 5.41) is 3.35. The van der Waals surface area contributed by atoms with Crippen molar-refractivity contribution in [3.05, 3.63) is 47.2 Å². The molecule has 0 atom stereocenters. The second-order valence-electron chi connectivity index (χ2n) is 5.22. The Morgan fingerprint density at radius 3 is 2.39 bits per heavy atom. The average Bonchev–Trinajstić information content (AvgIpc) is 2.55. The molecule has 0 radical (unpaired) electrons. The normalized spacial score (nSPS) is 10.4. The first-order valence-corrected chi connectivity index (χ1v) is 8.15. The van der Waals surface area contributed by atoms with Crippen LogP contribution in [0.2, 0.25) is 5.02 Å². The van der Waals surface area contributed by atoms with Crippen molar-refractivity contribution in [1.82, 2.24) is 9.97 Å². The molecule has 2 rings (SSSR count). The number of carbonyl (C=O) groups excluding carboxylic acids is 1. The lowest BCUT2D eigenvalue weighted by Crippen LogP contribution is -2.27. The van der Waals surface area contributed by atoms with E-state index in [9.17, 15) is 4.79 Å². The van der Waals surface area contributed by atoms with Gasteiger partial charge in [0, 0.05) is 36.2 Å². The molecule has 6 heteroatoms. The van der Waals surface area contributed by atoms with E-state index in [1.54, 1.807) is 36.7 Å². The lowest BCUT2D eigenvalue weighted by molar-refractivity contribution is 0.102. The summed E-state index contributed by atoms with van der Waals surface area (Å²) in [4.78, 5) is 23.0. The molecular weight excluding hydrogens is 312 g/mol. The highest BCUT2D eigenvalue weighted by molar-refractivity contribution is 6.30. The fraction of sp³-hybridized carbons (Fsp3) is 0.353.